The van der Waals surface area contributed by atoms with Gasteiger partial charge in [-0.3, -0.25) is 0 Å². The maximum atomic E-state index is 16.3. The molecule has 0 amide bonds. The minimum atomic E-state index is -0.795. The molecule has 0 bridgehead atoms. The largest absolute Gasteiger partial charge is 0.307 e. The van der Waals surface area contributed by atoms with Gasteiger partial charge in [-0.2, -0.15) is 5.26 Å². The molecule has 14 aromatic rings. The highest BCUT2D eigenvalue weighted by atomic mass is 19.1. The monoisotopic (exact) mass is 1010 g/mol. The van der Waals surface area contributed by atoms with Gasteiger partial charge in [-0.05, 0) is 48.5 Å². The molecule has 0 saturated heterocycles. The smallest absolute Gasteiger partial charge is 0.164 e. The number of para-hydroxylation sites is 2. The van der Waals surface area contributed by atoms with Crippen LogP contribution in [0.2, 0.25) is 0 Å². The summed E-state index contributed by atoms with van der Waals surface area (Å²) in [7, 11) is 0. The van der Waals surface area contributed by atoms with Crippen LogP contribution in [0.25, 0.3) is 134 Å². The van der Waals surface area contributed by atoms with Crippen LogP contribution >= 0.6 is 0 Å². The summed E-state index contributed by atoms with van der Waals surface area (Å²) in [6.45, 7) is 0. The molecule has 0 atom stereocenters. The Labute approximate surface area is 445 Å². The number of aromatic nitrogens is 8. The van der Waals surface area contributed by atoms with Gasteiger partial charge in [-0.15, -0.1) is 0 Å². The Hall–Kier alpha value is -10.8. The van der Waals surface area contributed by atoms with E-state index in [1.54, 1.807) is 12.1 Å². The van der Waals surface area contributed by atoms with Crippen molar-refractivity contribution in [3.8, 4) is 96.9 Å². The molecule has 0 radical (unpaired) electrons. The molecule has 14 rings (SSSR count). The van der Waals surface area contributed by atoms with E-state index in [2.05, 4.69) is 51.6 Å². The second-order valence-corrected chi connectivity index (χ2v) is 18.8. The van der Waals surface area contributed by atoms with Crippen molar-refractivity contribution in [2.24, 2.45) is 0 Å². The standard InChI is InChI=1S/C67H39F2N9/c68-53-28-17-29-54(69)61(53)52-39-60(78-56-31-16-14-27-49(56)51-35-33-46(37-58(51)78)67-75-64(43-22-9-3-10-23-43)72-65(76-67)44-24-11-4-12-25-44)59(38-47(52)40-70)77-55-30-15-13-26-48(55)50-34-32-45(36-57(50)77)66-73-62(41-18-5-1-6-19-41)71-63(74-66)42-20-7-2-8-21-42/h1-39H. The van der Waals surface area contributed by atoms with E-state index < -0.39 is 11.6 Å². The van der Waals surface area contributed by atoms with E-state index in [0.29, 0.717) is 51.9 Å². The van der Waals surface area contributed by atoms with Crippen LogP contribution in [0.5, 0.6) is 0 Å². The number of rotatable bonds is 9. The highest BCUT2D eigenvalue weighted by Gasteiger charge is 2.26. The molecular weight excluding hydrogens is 969 g/mol. The lowest BCUT2D eigenvalue weighted by Gasteiger charge is -2.20. The van der Waals surface area contributed by atoms with E-state index in [4.69, 9.17) is 29.9 Å². The van der Waals surface area contributed by atoms with Crippen LogP contribution in [0, 0.1) is 23.0 Å². The van der Waals surface area contributed by atoms with E-state index in [9.17, 15) is 5.26 Å². The molecular formula is C67H39F2N9. The molecule has 0 spiro atoms. The van der Waals surface area contributed by atoms with Crippen molar-refractivity contribution < 1.29 is 8.78 Å². The predicted molar refractivity (Wildman–Crippen MR) is 305 cm³/mol. The van der Waals surface area contributed by atoms with Crippen LogP contribution in [0.1, 0.15) is 5.56 Å². The van der Waals surface area contributed by atoms with Crippen molar-refractivity contribution in [1.29, 1.82) is 5.26 Å². The number of fused-ring (bicyclic) bond motifs is 6. The molecule has 0 saturated carbocycles. The third-order valence-electron chi connectivity index (χ3n) is 14.2. The first-order chi connectivity index (χ1) is 38.5. The maximum absolute atomic E-state index is 16.3. The van der Waals surface area contributed by atoms with Crippen LogP contribution in [-0.4, -0.2) is 39.0 Å². The van der Waals surface area contributed by atoms with Gasteiger partial charge in [0.25, 0.3) is 0 Å². The molecule has 0 aliphatic carbocycles. The zero-order chi connectivity index (χ0) is 52.3. The van der Waals surface area contributed by atoms with Gasteiger partial charge >= 0.3 is 0 Å². The van der Waals surface area contributed by atoms with Crippen molar-refractivity contribution in [3.63, 3.8) is 0 Å². The fourth-order valence-corrected chi connectivity index (χ4v) is 10.6. The van der Waals surface area contributed by atoms with E-state index in [0.717, 1.165) is 71.4 Å². The van der Waals surface area contributed by atoms with Gasteiger partial charge in [0.2, 0.25) is 0 Å². The first-order valence-corrected chi connectivity index (χ1v) is 25.3. The Morgan fingerprint density at radius 2 is 0.641 bits per heavy atom. The summed E-state index contributed by atoms with van der Waals surface area (Å²) < 4.78 is 36.7. The molecule has 4 heterocycles. The number of nitriles is 1. The Bertz CT molecular complexity index is 4570. The first-order valence-electron chi connectivity index (χ1n) is 25.3. The van der Waals surface area contributed by atoms with Gasteiger partial charge in [0.1, 0.15) is 11.6 Å². The van der Waals surface area contributed by atoms with Gasteiger partial charge in [-0.1, -0.05) is 188 Å². The molecule has 366 valence electrons. The van der Waals surface area contributed by atoms with Gasteiger partial charge in [0, 0.05) is 60.5 Å². The third-order valence-corrected chi connectivity index (χ3v) is 14.2. The number of halogens is 2. The molecule has 10 aromatic carbocycles. The number of nitrogens with zero attached hydrogens (tertiary/aromatic N) is 9. The highest BCUT2D eigenvalue weighted by molar-refractivity contribution is 6.13. The summed E-state index contributed by atoms with van der Waals surface area (Å²) in [6, 6.07) is 77.3. The Morgan fingerprint density at radius 1 is 0.308 bits per heavy atom. The van der Waals surface area contributed by atoms with Gasteiger partial charge in [0.15, 0.2) is 34.9 Å². The molecule has 0 aliphatic rings. The van der Waals surface area contributed by atoms with Gasteiger partial charge < -0.3 is 9.13 Å². The summed E-state index contributed by atoms with van der Waals surface area (Å²) in [4.78, 5) is 30.3. The average Bonchev–Trinajstić information content (AvgIpc) is 4.20. The lowest BCUT2D eigenvalue weighted by molar-refractivity contribution is 0.589. The first kappa shape index (κ1) is 45.8. The SMILES string of the molecule is N#Cc1cc(-n2c3ccccc3c3ccc(-c4nc(-c5ccccc5)nc(-c5ccccc5)n4)cc32)c(-n2c3ccccc3c3ccc(-c4nc(-c5ccccc5)nc(-c5ccccc5)n4)cc32)cc1-c1c(F)cccc1F. The molecule has 78 heavy (non-hydrogen) atoms. The molecule has 9 nitrogen and oxygen atoms in total. The van der Waals surface area contributed by atoms with Gasteiger partial charge in [-0.25, -0.2) is 38.7 Å². The lowest BCUT2D eigenvalue weighted by atomic mass is 9.97. The fraction of sp³-hybridized carbons (Fsp3) is 0. The van der Waals surface area contributed by atoms with Crippen LogP contribution in [-0.2, 0) is 0 Å². The Morgan fingerprint density at radius 3 is 1.03 bits per heavy atom. The zero-order valence-corrected chi connectivity index (χ0v) is 41.3. The molecule has 0 unspecified atom stereocenters. The van der Waals surface area contributed by atoms with Crippen molar-refractivity contribution >= 4 is 43.6 Å². The van der Waals surface area contributed by atoms with Crippen LogP contribution in [0.15, 0.2) is 237 Å². The normalized spacial score (nSPS) is 11.4. The molecule has 4 aromatic heterocycles. The molecule has 0 fully saturated rings. The fourth-order valence-electron chi connectivity index (χ4n) is 10.6. The average molecular weight is 1010 g/mol. The predicted octanol–water partition coefficient (Wildman–Crippen LogP) is 16.1. The third kappa shape index (κ3) is 7.83. The molecule has 11 heteroatoms. The Balaban J connectivity index is 1.06. The van der Waals surface area contributed by atoms with Crippen molar-refractivity contribution in [2.45, 2.75) is 0 Å². The van der Waals surface area contributed by atoms with Crippen LogP contribution in [0.3, 0.4) is 0 Å². The minimum absolute atomic E-state index is 0.0748. The number of hydrogen-bond donors (Lipinski definition) is 0. The van der Waals surface area contributed by atoms with Crippen molar-refractivity contribution in [3.05, 3.63) is 254 Å². The van der Waals surface area contributed by atoms with E-state index in [1.807, 2.05) is 170 Å². The zero-order valence-electron chi connectivity index (χ0n) is 41.3. The van der Waals surface area contributed by atoms with Crippen molar-refractivity contribution in [2.75, 3.05) is 0 Å². The summed E-state index contributed by atoms with van der Waals surface area (Å²) >= 11 is 0. The molecule has 0 aliphatic heterocycles. The summed E-state index contributed by atoms with van der Waals surface area (Å²) in [6.07, 6.45) is 0. The Kier molecular flexibility index (Phi) is 11.0. The minimum Gasteiger partial charge on any atom is -0.307 e. The quantitative estimate of drug-likeness (QED) is 0.142. The van der Waals surface area contributed by atoms with Crippen molar-refractivity contribution in [1.82, 2.24) is 39.0 Å². The summed E-state index contributed by atoms with van der Waals surface area (Å²) in [5.41, 5.74) is 8.95. The highest BCUT2D eigenvalue weighted by Crippen LogP contribution is 2.43. The summed E-state index contributed by atoms with van der Waals surface area (Å²) in [5, 5.41) is 14.8. The lowest BCUT2D eigenvalue weighted by Crippen LogP contribution is -2.06. The molecule has 0 N–H and O–H groups in total. The number of hydrogen-bond acceptors (Lipinski definition) is 7. The second-order valence-electron chi connectivity index (χ2n) is 18.8. The van der Waals surface area contributed by atoms with Crippen LogP contribution in [0.4, 0.5) is 8.78 Å². The van der Waals surface area contributed by atoms with Gasteiger partial charge in [0.05, 0.1) is 50.6 Å². The summed E-state index contributed by atoms with van der Waals surface area (Å²) in [5.74, 6) is 1.40. The van der Waals surface area contributed by atoms with E-state index in [-0.39, 0.29) is 16.7 Å². The number of benzene rings is 10. The van der Waals surface area contributed by atoms with E-state index in [1.165, 1.54) is 18.2 Å². The van der Waals surface area contributed by atoms with E-state index >= 15 is 8.78 Å². The van der Waals surface area contributed by atoms with Crippen LogP contribution < -0.4 is 0 Å². The topological polar surface area (TPSA) is 111 Å². The second kappa shape index (κ2) is 18.8. The maximum Gasteiger partial charge on any atom is 0.164 e.